The number of nitrogens with one attached hydrogen (secondary N) is 2. The SMILES string of the molecule is CN=C(NC1CCCC(SC)C1)NC1CC1c1c(F)cccc1F.I. The fraction of sp³-hybridized carbons (Fsp3) is 0.611. The molecule has 2 saturated carbocycles. The van der Waals surface area contributed by atoms with Gasteiger partial charge in [-0.15, -0.1) is 24.0 Å². The van der Waals surface area contributed by atoms with E-state index in [1.807, 2.05) is 11.8 Å². The molecule has 0 aromatic heterocycles. The topological polar surface area (TPSA) is 36.4 Å². The van der Waals surface area contributed by atoms with Gasteiger partial charge in [0, 0.05) is 35.9 Å². The van der Waals surface area contributed by atoms with Crippen molar-refractivity contribution in [1.82, 2.24) is 10.6 Å². The van der Waals surface area contributed by atoms with Crippen LogP contribution in [0.5, 0.6) is 0 Å². The molecule has 0 radical (unpaired) electrons. The summed E-state index contributed by atoms with van der Waals surface area (Å²) < 4.78 is 27.7. The van der Waals surface area contributed by atoms with E-state index in [0.29, 0.717) is 11.3 Å². The van der Waals surface area contributed by atoms with Crippen molar-refractivity contribution >= 4 is 41.7 Å². The molecule has 2 aliphatic carbocycles. The first-order chi connectivity index (χ1) is 11.6. The molecule has 1 aromatic carbocycles. The molecule has 7 heteroatoms. The second-order valence-corrected chi connectivity index (χ2v) is 7.80. The van der Waals surface area contributed by atoms with Gasteiger partial charge in [-0.3, -0.25) is 4.99 Å². The highest BCUT2D eigenvalue weighted by molar-refractivity contribution is 14.0. The largest absolute Gasteiger partial charge is 0.354 e. The van der Waals surface area contributed by atoms with Crippen molar-refractivity contribution in [1.29, 1.82) is 0 Å². The van der Waals surface area contributed by atoms with E-state index in [1.165, 1.54) is 31.0 Å². The van der Waals surface area contributed by atoms with E-state index < -0.39 is 11.6 Å². The third-order valence-corrected chi connectivity index (χ3v) is 6.10. The molecule has 4 unspecified atom stereocenters. The summed E-state index contributed by atoms with van der Waals surface area (Å²) in [6, 6.07) is 4.52. The van der Waals surface area contributed by atoms with Crippen molar-refractivity contribution < 1.29 is 8.78 Å². The summed E-state index contributed by atoms with van der Waals surface area (Å²) in [5, 5.41) is 7.51. The molecule has 0 aliphatic heterocycles. The van der Waals surface area contributed by atoms with Crippen molar-refractivity contribution in [2.45, 2.75) is 55.4 Å². The van der Waals surface area contributed by atoms with Gasteiger partial charge in [-0.05, 0) is 44.1 Å². The molecule has 2 fully saturated rings. The normalized spacial score (nSPS) is 28.9. The van der Waals surface area contributed by atoms with E-state index in [4.69, 9.17) is 0 Å². The Balaban J connectivity index is 0.00000225. The number of halogens is 3. The third-order valence-electron chi connectivity index (χ3n) is 5.01. The molecule has 0 bridgehead atoms. The van der Waals surface area contributed by atoms with Gasteiger partial charge in [-0.1, -0.05) is 12.5 Å². The summed E-state index contributed by atoms with van der Waals surface area (Å²) in [5.74, 6) is -0.286. The lowest BCUT2D eigenvalue weighted by atomic mass is 9.95. The van der Waals surface area contributed by atoms with Crippen molar-refractivity contribution in [3.05, 3.63) is 35.4 Å². The Morgan fingerprint density at radius 3 is 2.52 bits per heavy atom. The molecule has 0 saturated heterocycles. The highest BCUT2D eigenvalue weighted by Gasteiger charge is 2.42. The quantitative estimate of drug-likeness (QED) is 0.383. The van der Waals surface area contributed by atoms with Crippen LogP contribution in [0.25, 0.3) is 0 Å². The molecular weight excluding hydrogens is 455 g/mol. The fourth-order valence-corrected chi connectivity index (χ4v) is 4.40. The first-order valence-corrected chi connectivity index (χ1v) is 9.87. The first-order valence-electron chi connectivity index (χ1n) is 8.59. The van der Waals surface area contributed by atoms with Gasteiger partial charge in [0.15, 0.2) is 5.96 Å². The van der Waals surface area contributed by atoms with Gasteiger partial charge in [-0.2, -0.15) is 11.8 Å². The molecular formula is C18H26F2IN3S. The summed E-state index contributed by atoms with van der Waals surface area (Å²) in [4.78, 5) is 4.29. The average Bonchev–Trinajstić information content (AvgIpc) is 3.33. The van der Waals surface area contributed by atoms with Crippen molar-refractivity contribution in [3.8, 4) is 0 Å². The van der Waals surface area contributed by atoms with E-state index >= 15 is 0 Å². The van der Waals surface area contributed by atoms with Gasteiger partial charge in [0.05, 0.1) is 0 Å². The van der Waals surface area contributed by atoms with Gasteiger partial charge in [0.25, 0.3) is 0 Å². The molecule has 2 N–H and O–H groups in total. The number of rotatable bonds is 4. The maximum Gasteiger partial charge on any atom is 0.191 e. The lowest BCUT2D eigenvalue weighted by Crippen LogP contribution is -2.46. The number of nitrogens with zero attached hydrogens (tertiary/aromatic N) is 1. The van der Waals surface area contributed by atoms with Crippen LogP contribution in [0.2, 0.25) is 0 Å². The number of hydrogen-bond donors (Lipinski definition) is 2. The zero-order valence-electron chi connectivity index (χ0n) is 14.6. The Labute approximate surface area is 169 Å². The van der Waals surface area contributed by atoms with Gasteiger partial charge in [-0.25, -0.2) is 8.78 Å². The summed E-state index contributed by atoms with van der Waals surface area (Å²) in [5.41, 5.74) is 0.200. The molecule has 0 spiro atoms. The van der Waals surface area contributed by atoms with Crippen molar-refractivity contribution in [2.75, 3.05) is 13.3 Å². The molecule has 3 rings (SSSR count). The van der Waals surface area contributed by atoms with E-state index in [9.17, 15) is 8.78 Å². The Kier molecular flexibility index (Phi) is 7.79. The second-order valence-electron chi connectivity index (χ2n) is 6.67. The molecule has 0 heterocycles. The minimum Gasteiger partial charge on any atom is -0.354 e. The lowest BCUT2D eigenvalue weighted by molar-refractivity contribution is 0.419. The Morgan fingerprint density at radius 1 is 1.16 bits per heavy atom. The van der Waals surface area contributed by atoms with Crippen LogP contribution in [0, 0.1) is 11.6 Å². The summed E-state index contributed by atoms with van der Waals surface area (Å²) in [6.45, 7) is 0. The number of guanidine groups is 1. The van der Waals surface area contributed by atoms with E-state index in [1.54, 1.807) is 7.05 Å². The van der Waals surface area contributed by atoms with E-state index in [0.717, 1.165) is 25.2 Å². The summed E-state index contributed by atoms with van der Waals surface area (Å²) in [6.07, 6.45) is 7.69. The molecule has 4 atom stereocenters. The standard InChI is InChI=1S/C18H25F2N3S.HI/c1-21-18(22-11-5-3-6-12(9-11)24-2)23-16-10-13(16)17-14(19)7-4-8-15(17)20;/h4,7-8,11-13,16H,3,5-6,9-10H2,1-2H3,(H2,21,22,23);1H. The van der Waals surface area contributed by atoms with Gasteiger partial charge >= 0.3 is 0 Å². The van der Waals surface area contributed by atoms with Crippen LogP contribution >= 0.6 is 35.7 Å². The van der Waals surface area contributed by atoms with Gasteiger partial charge < -0.3 is 10.6 Å². The van der Waals surface area contributed by atoms with Crippen LogP contribution in [-0.4, -0.2) is 36.6 Å². The highest BCUT2D eigenvalue weighted by atomic mass is 127. The van der Waals surface area contributed by atoms with Crippen LogP contribution < -0.4 is 10.6 Å². The number of benzene rings is 1. The molecule has 2 aliphatic rings. The molecule has 3 nitrogen and oxygen atoms in total. The monoisotopic (exact) mass is 481 g/mol. The minimum atomic E-state index is -0.456. The first kappa shape index (κ1) is 20.7. The Bertz CT molecular complexity index is 594. The number of aliphatic imine (C=N–C) groups is 1. The molecule has 0 amide bonds. The Hall–Kier alpha value is -0.570. The highest BCUT2D eigenvalue weighted by Crippen LogP contribution is 2.43. The van der Waals surface area contributed by atoms with Gasteiger partial charge in [0.2, 0.25) is 0 Å². The lowest BCUT2D eigenvalue weighted by Gasteiger charge is -2.30. The smallest absolute Gasteiger partial charge is 0.191 e. The zero-order chi connectivity index (χ0) is 17.1. The van der Waals surface area contributed by atoms with Crippen LogP contribution in [0.15, 0.2) is 23.2 Å². The van der Waals surface area contributed by atoms with Crippen molar-refractivity contribution in [3.63, 3.8) is 0 Å². The predicted molar refractivity (Wildman–Crippen MR) is 112 cm³/mol. The van der Waals surface area contributed by atoms with Crippen LogP contribution in [-0.2, 0) is 0 Å². The second kappa shape index (κ2) is 9.39. The Morgan fingerprint density at radius 2 is 1.88 bits per heavy atom. The molecule has 1 aromatic rings. The maximum absolute atomic E-state index is 13.9. The molecule has 140 valence electrons. The fourth-order valence-electron chi connectivity index (χ4n) is 3.57. The predicted octanol–water partition coefficient (Wildman–Crippen LogP) is 4.28. The van der Waals surface area contributed by atoms with E-state index in [-0.39, 0.29) is 41.5 Å². The van der Waals surface area contributed by atoms with Crippen molar-refractivity contribution in [2.24, 2.45) is 4.99 Å². The zero-order valence-corrected chi connectivity index (χ0v) is 17.7. The van der Waals surface area contributed by atoms with E-state index in [2.05, 4.69) is 21.9 Å². The van der Waals surface area contributed by atoms with Crippen LogP contribution in [0.1, 0.15) is 43.6 Å². The number of thioether (sulfide) groups is 1. The summed E-state index contributed by atoms with van der Waals surface area (Å²) >= 11 is 1.93. The van der Waals surface area contributed by atoms with Crippen LogP contribution in [0.4, 0.5) is 8.78 Å². The molecule has 25 heavy (non-hydrogen) atoms. The average molecular weight is 481 g/mol. The third kappa shape index (κ3) is 5.21. The number of hydrogen-bond acceptors (Lipinski definition) is 2. The minimum absolute atomic E-state index is 0. The summed E-state index contributed by atoms with van der Waals surface area (Å²) in [7, 11) is 1.74. The van der Waals surface area contributed by atoms with Gasteiger partial charge in [0.1, 0.15) is 11.6 Å². The maximum atomic E-state index is 13.9. The van der Waals surface area contributed by atoms with Crippen LogP contribution in [0.3, 0.4) is 0 Å².